The summed E-state index contributed by atoms with van der Waals surface area (Å²) >= 11 is 0. The Labute approximate surface area is 198 Å². The van der Waals surface area contributed by atoms with Crippen LogP contribution in [0.2, 0.25) is 0 Å². The standard InChI is InChI=1S/C24H32N4O.2ClH/c1-4-27(5-2)24(29)20-10-11-22-21(17-20)18-23(28(22)6-3)26-14-8-7-9-19-12-15-25-16-13-19;;/h10-13,15-18,26H,4-9,14H2,1-3H3;2*1H. The van der Waals surface area contributed by atoms with E-state index in [1.807, 2.05) is 43.3 Å². The summed E-state index contributed by atoms with van der Waals surface area (Å²) in [6.07, 6.45) is 7.04. The topological polar surface area (TPSA) is 50.2 Å². The lowest BCUT2D eigenvalue weighted by atomic mass is 10.1. The lowest BCUT2D eigenvalue weighted by Crippen LogP contribution is -2.30. The molecule has 0 spiro atoms. The van der Waals surface area contributed by atoms with Gasteiger partial charge in [0.1, 0.15) is 5.82 Å². The van der Waals surface area contributed by atoms with E-state index in [-0.39, 0.29) is 30.7 Å². The van der Waals surface area contributed by atoms with E-state index in [0.29, 0.717) is 0 Å². The highest BCUT2D eigenvalue weighted by Gasteiger charge is 2.15. The molecule has 31 heavy (non-hydrogen) atoms. The molecule has 170 valence electrons. The monoisotopic (exact) mass is 464 g/mol. The van der Waals surface area contributed by atoms with E-state index in [9.17, 15) is 4.79 Å². The van der Waals surface area contributed by atoms with Crippen molar-refractivity contribution in [3.63, 3.8) is 0 Å². The Hall–Kier alpha value is -2.24. The normalized spacial score (nSPS) is 10.3. The zero-order valence-corrected chi connectivity index (χ0v) is 20.3. The summed E-state index contributed by atoms with van der Waals surface area (Å²) in [7, 11) is 0. The summed E-state index contributed by atoms with van der Waals surface area (Å²) < 4.78 is 2.28. The molecule has 0 aliphatic rings. The Balaban J connectivity index is 0.00000240. The van der Waals surface area contributed by atoms with Crippen LogP contribution in [0.1, 0.15) is 49.5 Å². The van der Waals surface area contributed by atoms with Gasteiger partial charge in [0.25, 0.3) is 5.91 Å². The minimum absolute atomic E-state index is 0. The van der Waals surface area contributed by atoms with Crippen LogP contribution < -0.4 is 5.32 Å². The van der Waals surface area contributed by atoms with Crippen LogP contribution in [-0.2, 0) is 13.0 Å². The first-order chi connectivity index (χ1) is 14.2. The third-order valence-corrected chi connectivity index (χ3v) is 5.46. The minimum Gasteiger partial charge on any atom is -0.371 e. The number of pyridine rings is 1. The van der Waals surface area contributed by atoms with Crippen LogP contribution >= 0.6 is 24.8 Å². The number of carbonyl (C=O) groups is 1. The summed E-state index contributed by atoms with van der Waals surface area (Å²) in [6.45, 7) is 9.49. The molecular weight excluding hydrogens is 431 g/mol. The highest BCUT2D eigenvalue weighted by molar-refractivity contribution is 5.99. The fourth-order valence-corrected chi connectivity index (χ4v) is 3.80. The molecule has 0 saturated heterocycles. The Morgan fingerprint density at radius 1 is 1.00 bits per heavy atom. The summed E-state index contributed by atoms with van der Waals surface area (Å²) in [4.78, 5) is 18.6. The molecule has 0 saturated carbocycles. The Kier molecular flexibility index (Phi) is 11.4. The Morgan fingerprint density at radius 2 is 1.71 bits per heavy atom. The van der Waals surface area contributed by atoms with Crippen LogP contribution in [0.3, 0.4) is 0 Å². The van der Waals surface area contributed by atoms with Gasteiger partial charge in [-0.3, -0.25) is 9.78 Å². The number of hydrogen-bond acceptors (Lipinski definition) is 3. The quantitative estimate of drug-likeness (QED) is 0.384. The summed E-state index contributed by atoms with van der Waals surface area (Å²) in [5, 5.41) is 4.70. The molecule has 7 heteroatoms. The van der Waals surface area contributed by atoms with Crippen LogP contribution in [0.15, 0.2) is 48.8 Å². The van der Waals surface area contributed by atoms with Crippen molar-refractivity contribution in [3.05, 3.63) is 59.9 Å². The molecular formula is C24H34Cl2N4O. The van der Waals surface area contributed by atoms with Gasteiger partial charge in [-0.2, -0.15) is 0 Å². The molecule has 0 aliphatic heterocycles. The second kappa shape index (κ2) is 13.2. The van der Waals surface area contributed by atoms with Crippen LogP contribution in [0.5, 0.6) is 0 Å². The molecule has 3 aromatic rings. The number of hydrogen-bond donors (Lipinski definition) is 1. The number of aryl methyl sites for hydroxylation is 2. The van der Waals surface area contributed by atoms with Gasteiger partial charge in [-0.1, -0.05) is 0 Å². The van der Waals surface area contributed by atoms with E-state index in [1.165, 1.54) is 11.1 Å². The number of unbranched alkanes of at least 4 members (excludes halogenated alkanes) is 1. The highest BCUT2D eigenvalue weighted by atomic mass is 35.5. The lowest BCUT2D eigenvalue weighted by Gasteiger charge is -2.18. The Morgan fingerprint density at radius 3 is 2.35 bits per heavy atom. The van der Waals surface area contributed by atoms with E-state index in [4.69, 9.17) is 0 Å². The molecule has 2 heterocycles. The summed E-state index contributed by atoms with van der Waals surface area (Å²) in [6, 6.07) is 12.4. The number of nitrogens with zero attached hydrogens (tertiary/aromatic N) is 3. The first-order valence-corrected chi connectivity index (χ1v) is 10.7. The molecule has 5 nitrogen and oxygen atoms in total. The maximum atomic E-state index is 12.7. The number of amides is 1. The van der Waals surface area contributed by atoms with Gasteiger partial charge in [0, 0.05) is 55.0 Å². The van der Waals surface area contributed by atoms with Gasteiger partial charge in [-0.15, -0.1) is 24.8 Å². The van der Waals surface area contributed by atoms with Gasteiger partial charge in [0.2, 0.25) is 0 Å². The second-order valence-corrected chi connectivity index (χ2v) is 7.26. The molecule has 0 bridgehead atoms. The molecule has 2 aromatic heterocycles. The fraction of sp³-hybridized carbons (Fsp3) is 0.417. The predicted molar refractivity (Wildman–Crippen MR) is 135 cm³/mol. The molecule has 0 atom stereocenters. The van der Waals surface area contributed by atoms with Crippen molar-refractivity contribution in [2.45, 2.75) is 46.6 Å². The van der Waals surface area contributed by atoms with Gasteiger partial charge in [-0.05, 0) is 82.0 Å². The maximum Gasteiger partial charge on any atom is 0.253 e. The predicted octanol–water partition coefficient (Wildman–Crippen LogP) is 5.82. The van der Waals surface area contributed by atoms with Gasteiger partial charge < -0.3 is 14.8 Å². The first-order valence-electron chi connectivity index (χ1n) is 10.7. The molecule has 0 aliphatic carbocycles. The maximum absolute atomic E-state index is 12.7. The van der Waals surface area contributed by atoms with Crippen LogP contribution in [-0.4, -0.2) is 40.0 Å². The molecule has 3 rings (SSSR count). The van der Waals surface area contributed by atoms with E-state index in [0.717, 1.165) is 62.2 Å². The molecule has 0 fully saturated rings. The smallest absolute Gasteiger partial charge is 0.253 e. The number of benzene rings is 1. The molecule has 0 unspecified atom stereocenters. The van der Waals surface area contributed by atoms with E-state index in [2.05, 4.69) is 46.1 Å². The lowest BCUT2D eigenvalue weighted by molar-refractivity contribution is 0.0773. The summed E-state index contributed by atoms with van der Waals surface area (Å²) in [5.74, 6) is 1.23. The fourth-order valence-electron chi connectivity index (χ4n) is 3.80. The van der Waals surface area contributed by atoms with Crippen molar-refractivity contribution >= 4 is 47.4 Å². The number of nitrogens with one attached hydrogen (secondary N) is 1. The first kappa shape index (κ1) is 26.8. The van der Waals surface area contributed by atoms with Crippen molar-refractivity contribution in [1.29, 1.82) is 0 Å². The SMILES string of the molecule is CCN(CC)C(=O)c1ccc2c(c1)cc(NCCCCc1ccncc1)n2CC.Cl.Cl. The third kappa shape index (κ3) is 6.62. The zero-order valence-electron chi connectivity index (χ0n) is 18.6. The van der Waals surface area contributed by atoms with Crippen LogP contribution in [0.25, 0.3) is 10.9 Å². The van der Waals surface area contributed by atoms with Crippen molar-refractivity contribution < 1.29 is 4.79 Å². The highest BCUT2D eigenvalue weighted by Crippen LogP contribution is 2.25. The van der Waals surface area contributed by atoms with Crippen molar-refractivity contribution in [3.8, 4) is 0 Å². The van der Waals surface area contributed by atoms with E-state index < -0.39 is 0 Å². The average Bonchev–Trinajstić information content (AvgIpc) is 3.11. The van der Waals surface area contributed by atoms with Gasteiger partial charge >= 0.3 is 0 Å². The molecule has 0 radical (unpaired) electrons. The number of carbonyl (C=O) groups excluding carboxylic acids is 1. The van der Waals surface area contributed by atoms with Crippen LogP contribution in [0, 0.1) is 0 Å². The zero-order chi connectivity index (χ0) is 20.6. The van der Waals surface area contributed by atoms with Gasteiger partial charge in [-0.25, -0.2) is 0 Å². The minimum atomic E-state index is 0. The van der Waals surface area contributed by atoms with Crippen molar-refractivity contribution in [1.82, 2.24) is 14.5 Å². The largest absolute Gasteiger partial charge is 0.371 e. The second-order valence-electron chi connectivity index (χ2n) is 7.26. The number of rotatable bonds is 10. The number of anilines is 1. The van der Waals surface area contributed by atoms with Gasteiger partial charge in [0.15, 0.2) is 0 Å². The Bertz CT molecular complexity index is 939. The van der Waals surface area contributed by atoms with E-state index in [1.54, 1.807) is 0 Å². The van der Waals surface area contributed by atoms with E-state index >= 15 is 0 Å². The van der Waals surface area contributed by atoms with Crippen molar-refractivity contribution in [2.24, 2.45) is 0 Å². The average molecular weight is 465 g/mol. The molecule has 1 N–H and O–H groups in total. The van der Waals surface area contributed by atoms with Crippen molar-refractivity contribution in [2.75, 3.05) is 25.0 Å². The number of halogens is 2. The van der Waals surface area contributed by atoms with Crippen LogP contribution in [0.4, 0.5) is 5.82 Å². The third-order valence-electron chi connectivity index (χ3n) is 5.46. The number of fused-ring (bicyclic) bond motifs is 1. The molecule has 1 aromatic carbocycles. The molecule has 1 amide bonds. The summed E-state index contributed by atoms with van der Waals surface area (Å²) in [5.41, 5.74) is 3.27. The number of aromatic nitrogens is 2. The van der Waals surface area contributed by atoms with Gasteiger partial charge in [0.05, 0.1) is 0 Å².